The number of fused-ring (bicyclic) bond motifs is 1. The third kappa shape index (κ3) is 3.95. The predicted octanol–water partition coefficient (Wildman–Crippen LogP) is 3.49. The average Bonchev–Trinajstić information content (AvgIpc) is 3.47. The lowest BCUT2D eigenvalue weighted by Crippen LogP contribution is -2.33. The van der Waals surface area contributed by atoms with Gasteiger partial charge < -0.3 is 10.2 Å². The predicted molar refractivity (Wildman–Crippen MR) is 117 cm³/mol. The quantitative estimate of drug-likeness (QED) is 0.692. The van der Waals surface area contributed by atoms with Crippen molar-refractivity contribution < 1.29 is 4.79 Å². The van der Waals surface area contributed by atoms with Gasteiger partial charge in [0.2, 0.25) is 5.82 Å². The molecule has 6 nitrogen and oxygen atoms in total. The molecule has 2 aromatic heterocycles. The van der Waals surface area contributed by atoms with Crippen LogP contribution in [0.2, 0.25) is 0 Å². The van der Waals surface area contributed by atoms with Crippen molar-refractivity contribution in [1.29, 1.82) is 0 Å². The molecule has 0 bridgehead atoms. The lowest BCUT2D eigenvalue weighted by molar-refractivity contribution is 0.0746. The van der Waals surface area contributed by atoms with Crippen LogP contribution in [0.25, 0.3) is 16.4 Å². The van der Waals surface area contributed by atoms with Crippen LogP contribution in [0.1, 0.15) is 23.5 Å². The highest BCUT2D eigenvalue weighted by atomic mass is 35.5. The number of nitrogens with one attached hydrogen (secondary N) is 1. The minimum Gasteiger partial charge on any atom is -0.336 e. The SMILES string of the molecule is Cl.O=C(c1nc(-c2cccs2)n(-c2ccccc2)n1)N1CC[C@@H]2CNC[C@@H]2CC1. The third-order valence-corrected chi connectivity index (χ3v) is 6.71. The zero-order chi connectivity index (χ0) is 18.9. The van der Waals surface area contributed by atoms with Crippen LogP contribution in [-0.4, -0.2) is 51.8 Å². The molecule has 2 saturated heterocycles. The minimum atomic E-state index is -0.0552. The summed E-state index contributed by atoms with van der Waals surface area (Å²) in [5.41, 5.74) is 0.911. The van der Waals surface area contributed by atoms with Crippen molar-refractivity contribution in [2.45, 2.75) is 12.8 Å². The number of aromatic nitrogens is 3. The number of benzene rings is 1. The first-order valence-corrected chi connectivity index (χ1v) is 10.7. The summed E-state index contributed by atoms with van der Waals surface area (Å²) < 4.78 is 1.79. The molecular formula is C21H24ClN5OS. The number of carbonyl (C=O) groups is 1. The van der Waals surface area contributed by atoms with E-state index in [1.165, 1.54) is 0 Å². The maximum atomic E-state index is 13.2. The van der Waals surface area contributed by atoms with Crippen LogP contribution in [-0.2, 0) is 0 Å². The van der Waals surface area contributed by atoms with Gasteiger partial charge in [0.25, 0.3) is 5.91 Å². The number of nitrogens with zero attached hydrogens (tertiary/aromatic N) is 4. The molecule has 1 amide bonds. The van der Waals surface area contributed by atoms with Gasteiger partial charge in [0.15, 0.2) is 5.82 Å². The van der Waals surface area contributed by atoms with Crippen molar-refractivity contribution in [3.63, 3.8) is 0 Å². The molecule has 0 unspecified atom stereocenters. The number of thiophene rings is 1. The zero-order valence-corrected chi connectivity index (χ0v) is 17.7. The maximum absolute atomic E-state index is 13.2. The molecular weight excluding hydrogens is 406 g/mol. The molecule has 2 aliphatic rings. The van der Waals surface area contributed by atoms with Crippen LogP contribution >= 0.6 is 23.7 Å². The van der Waals surface area contributed by atoms with E-state index in [1.807, 2.05) is 52.7 Å². The van der Waals surface area contributed by atoms with Crippen molar-refractivity contribution >= 4 is 29.7 Å². The Hall–Kier alpha value is -2.22. The Bertz CT molecular complexity index is 945. The Morgan fingerprint density at radius 1 is 1.03 bits per heavy atom. The molecule has 1 aromatic carbocycles. The molecule has 152 valence electrons. The molecule has 0 spiro atoms. The van der Waals surface area contributed by atoms with E-state index < -0.39 is 0 Å². The van der Waals surface area contributed by atoms with Gasteiger partial charge >= 0.3 is 0 Å². The van der Waals surface area contributed by atoms with E-state index in [9.17, 15) is 4.79 Å². The number of para-hydroxylation sites is 1. The lowest BCUT2D eigenvalue weighted by Gasteiger charge is -2.19. The van der Waals surface area contributed by atoms with Crippen LogP contribution < -0.4 is 5.32 Å². The smallest absolute Gasteiger partial charge is 0.293 e. The van der Waals surface area contributed by atoms with Crippen LogP contribution in [0.5, 0.6) is 0 Å². The highest BCUT2D eigenvalue weighted by molar-refractivity contribution is 7.13. The number of rotatable bonds is 3. The van der Waals surface area contributed by atoms with Gasteiger partial charge in [-0.05, 0) is 61.3 Å². The van der Waals surface area contributed by atoms with Crippen LogP contribution in [0.4, 0.5) is 0 Å². The second-order valence-electron chi connectivity index (χ2n) is 7.53. The van der Waals surface area contributed by atoms with E-state index >= 15 is 0 Å². The molecule has 5 rings (SSSR count). The summed E-state index contributed by atoms with van der Waals surface area (Å²) in [6.45, 7) is 3.73. The van der Waals surface area contributed by atoms with Gasteiger partial charge in [0, 0.05) is 13.1 Å². The van der Waals surface area contributed by atoms with Gasteiger partial charge in [-0.25, -0.2) is 9.67 Å². The van der Waals surface area contributed by atoms with Gasteiger partial charge in [-0.2, -0.15) is 0 Å². The first-order valence-electron chi connectivity index (χ1n) is 9.86. The number of hydrogen-bond donors (Lipinski definition) is 1. The number of hydrogen-bond acceptors (Lipinski definition) is 5. The molecule has 29 heavy (non-hydrogen) atoms. The highest BCUT2D eigenvalue weighted by Crippen LogP contribution is 2.29. The Morgan fingerprint density at radius 2 is 1.76 bits per heavy atom. The van der Waals surface area contributed by atoms with Crippen molar-refractivity contribution in [2.24, 2.45) is 11.8 Å². The fourth-order valence-electron chi connectivity index (χ4n) is 4.28. The summed E-state index contributed by atoms with van der Waals surface area (Å²) in [6, 6.07) is 13.9. The fourth-order valence-corrected chi connectivity index (χ4v) is 4.98. The molecule has 8 heteroatoms. The summed E-state index contributed by atoms with van der Waals surface area (Å²) in [7, 11) is 0. The van der Waals surface area contributed by atoms with Crippen LogP contribution in [0.15, 0.2) is 47.8 Å². The second kappa shape index (κ2) is 8.65. The largest absolute Gasteiger partial charge is 0.336 e. The normalized spacial score (nSPS) is 21.3. The molecule has 0 aliphatic carbocycles. The molecule has 2 atom stereocenters. The van der Waals surface area contributed by atoms with Crippen LogP contribution in [0.3, 0.4) is 0 Å². The van der Waals surface area contributed by atoms with E-state index in [-0.39, 0.29) is 24.1 Å². The van der Waals surface area contributed by atoms with Crippen molar-refractivity contribution in [1.82, 2.24) is 25.0 Å². The van der Waals surface area contributed by atoms with Crippen LogP contribution in [0, 0.1) is 11.8 Å². The third-order valence-electron chi connectivity index (χ3n) is 5.85. The monoisotopic (exact) mass is 429 g/mol. The Morgan fingerprint density at radius 3 is 2.41 bits per heavy atom. The summed E-state index contributed by atoms with van der Waals surface area (Å²) >= 11 is 1.60. The highest BCUT2D eigenvalue weighted by Gasteiger charge is 2.33. The van der Waals surface area contributed by atoms with Gasteiger partial charge in [-0.1, -0.05) is 24.3 Å². The Balaban J connectivity index is 0.00000205. The standard InChI is InChI=1S/C21H23N5OS.ClH/c27-21(25-10-8-15-13-22-14-16(15)9-11-25)19-23-20(18-7-4-12-28-18)26(24-19)17-5-2-1-3-6-17;/h1-7,12,15-16,22H,8-11,13-14H2;1H/t15-,16+;. The molecule has 3 aromatic rings. The number of halogens is 1. The molecule has 2 aliphatic heterocycles. The first-order chi connectivity index (χ1) is 13.8. The summed E-state index contributed by atoms with van der Waals surface area (Å²) in [5, 5.41) is 10.1. The zero-order valence-electron chi connectivity index (χ0n) is 16.0. The molecule has 4 heterocycles. The van der Waals surface area contributed by atoms with Gasteiger partial charge in [-0.3, -0.25) is 4.79 Å². The van der Waals surface area contributed by atoms with E-state index in [0.717, 1.165) is 55.4 Å². The van der Waals surface area contributed by atoms with Crippen molar-refractivity contribution in [3.05, 3.63) is 53.7 Å². The topological polar surface area (TPSA) is 63.1 Å². The van der Waals surface area contributed by atoms with Crippen molar-refractivity contribution in [2.75, 3.05) is 26.2 Å². The molecule has 2 fully saturated rings. The second-order valence-corrected chi connectivity index (χ2v) is 8.48. The van der Waals surface area contributed by atoms with E-state index in [0.29, 0.717) is 11.8 Å². The molecule has 0 radical (unpaired) electrons. The first kappa shape index (κ1) is 20.1. The van der Waals surface area contributed by atoms with Gasteiger partial charge in [0.05, 0.1) is 10.6 Å². The molecule has 0 saturated carbocycles. The number of likely N-dealkylation sites (tertiary alicyclic amines) is 1. The van der Waals surface area contributed by atoms with Gasteiger partial charge in [0.1, 0.15) is 0 Å². The summed E-state index contributed by atoms with van der Waals surface area (Å²) in [5.74, 6) is 2.34. The van der Waals surface area contributed by atoms with E-state index in [2.05, 4.69) is 15.4 Å². The minimum absolute atomic E-state index is 0. The van der Waals surface area contributed by atoms with Gasteiger partial charge in [-0.15, -0.1) is 28.8 Å². The lowest BCUT2D eigenvalue weighted by atomic mass is 9.92. The fraction of sp³-hybridized carbons (Fsp3) is 0.381. The number of carbonyl (C=O) groups excluding carboxylic acids is 1. The van der Waals surface area contributed by atoms with E-state index in [1.54, 1.807) is 16.0 Å². The summed E-state index contributed by atoms with van der Waals surface area (Å²) in [6.07, 6.45) is 2.11. The Kier molecular flexibility index (Phi) is 5.99. The average molecular weight is 430 g/mol. The molecule has 1 N–H and O–H groups in total. The Labute approximate surface area is 180 Å². The summed E-state index contributed by atoms with van der Waals surface area (Å²) in [4.78, 5) is 20.8. The van der Waals surface area contributed by atoms with E-state index in [4.69, 9.17) is 0 Å². The maximum Gasteiger partial charge on any atom is 0.293 e. The number of amides is 1. The van der Waals surface area contributed by atoms with Crippen molar-refractivity contribution in [3.8, 4) is 16.4 Å².